The van der Waals surface area contributed by atoms with Crippen LogP contribution < -0.4 is 5.32 Å². The Morgan fingerprint density at radius 2 is 2.11 bits per heavy atom. The van der Waals surface area contributed by atoms with E-state index in [4.69, 9.17) is 4.74 Å². The second-order valence-electron chi connectivity index (χ2n) is 5.88. The lowest BCUT2D eigenvalue weighted by Gasteiger charge is -2.31. The van der Waals surface area contributed by atoms with Crippen LogP contribution in [0, 0.1) is 5.92 Å². The molecule has 2 aliphatic heterocycles. The highest BCUT2D eigenvalue weighted by atomic mass is 16.5. The molecule has 2 fully saturated rings. The standard InChI is InChI=1S/C16H24N2O/c1-19-12-14-4-2-3-13(9-14)10-17-16-6-8-18-7-5-15(16)11-18/h2-4,9,15-17H,5-8,10-12H2,1H3. The van der Waals surface area contributed by atoms with Crippen molar-refractivity contribution in [3.63, 3.8) is 0 Å². The van der Waals surface area contributed by atoms with Crippen molar-refractivity contribution in [2.24, 2.45) is 5.92 Å². The number of piperidine rings is 1. The molecule has 1 aromatic carbocycles. The molecular weight excluding hydrogens is 236 g/mol. The third kappa shape index (κ3) is 3.16. The van der Waals surface area contributed by atoms with E-state index in [2.05, 4.69) is 34.5 Å². The summed E-state index contributed by atoms with van der Waals surface area (Å²) in [4.78, 5) is 2.60. The smallest absolute Gasteiger partial charge is 0.0713 e. The molecule has 2 aliphatic rings. The third-order valence-electron chi connectivity index (χ3n) is 4.50. The summed E-state index contributed by atoms with van der Waals surface area (Å²) < 4.78 is 5.19. The van der Waals surface area contributed by atoms with Gasteiger partial charge in [0.2, 0.25) is 0 Å². The molecule has 104 valence electrons. The predicted octanol–water partition coefficient (Wildman–Crippen LogP) is 2.02. The third-order valence-corrected chi connectivity index (χ3v) is 4.50. The maximum absolute atomic E-state index is 5.19. The van der Waals surface area contributed by atoms with Crippen molar-refractivity contribution in [3.8, 4) is 0 Å². The average molecular weight is 260 g/mol. The van der Waals surface area contributed by atoms with E-state index in [-0.39, 0.29) is 0 Å². The summed E-state index contributed by atoms with van der Waals surface area (Å²) >= 11 is 0. The quantitative estimate of drug-likeness (QED) is 0.876. The van der Waals surface area contributed by atoms with Gasteiger partial charge in [0, 0.05) is 26.2 Å². The van der Waals surface area contributed by atoms with Gasteiger partial charge in [-0.2, -0.15) is 0 Å². The zero-order chi connectivity index (χ0) is 13.1. The van der Waals surface area contributed by atoms with E-state index in [1.165, 1.54) is 43.6 Å². The number of methoxy groups -OCH3 is 1. The highest BCUT2D eigenvalue weighted by Crippen LogP contribution is 2.27. The van der Waals surface area contributed by atoms with Crippen molar-refractivity contribution in [2.45, 2.75) is 32.0 Å². The van der Waals surface area contributed by atoms with Gasteiger partial charge in [-0.15, -0.1) is 0 Å². The Labute approximate surface area is 115 Å². The molecule has 2 heterocycles. The predicted molar refractivity (Wildman–Crippen MR) is 76.9 cm³/mol. The minimum Gasteiger partial charge on any atom is -0.380 e. The van der Waals surface area contributed by atoms with E-state index in [1.807, 2.05) is 0 Å². The summed E-state index contributed by atoms with van der Waals surface area (Å²) in [6.07, 6.45) is 2.68. The Bertz CT molecular complexity index is 421. The number of nitrogens with one attached hydrogen (secondary N) is 1. The molecule has 2 bridgehead atoms. The van der Waals surface area contributed by atoms with E-state index in [1.54, 1.807) is 7.11 Å². The van der Waals surface area contributed by atoms with Crippen LogP contribution in [0.15, 0.2) is 24.3 Å². The summed E-state index contributed by atoms with van der Waals surface area (Å²) in [6, 6.07) is 9.42. The first-order chi connectivity index (χ1) is 9.35. The Kier molecular flexibility index (Phi) is 4.16. The van der Waals surface area contributed by atoms with Gasteiger partial charge in [0.15, 0.2) is 0 Å². The van der Waals surface area contributed by atoms with Crippen molar-refractivity contribution < 1.29 is 4.74 Å². The number of fused-ring (bicyclic) bond motifs is 2. The number of hydrogen-bond acceptors (Lipinski definition) is 3. The van der Waals surface area contributed by atoms with Crippen LogP contribution in [0.3, 0.4) is 0 Å². The second kappa shape index (κ2) is 6.04. The SMILES string of the molecule is COCc1cccc(CNC2CCN3CCC2C3)c1. The highest BCUT2D eigenvalue weighted by molar-refractivity contribution is 5.23. The van der Waals surface area contributed by atoms with E-state index < -0.39 is 0 Å². The second-order valence-corrected chi connectivity index (χ2v) is 5.88. The first-order valence-corrected chi connectivity index (χ1v) is 7.37. The lowest BCUT2D eigenvalue weighted by molar-refractivity contribution is 0.185. The first kappa shape index (κ1) is 13.1. The van der Waals surface area contributed by atoms with Crippen molar-refractivity contribution in [2.75, 3.05) is 26.7 Å². The summed E-state index contributed by atoms with van der Waals surface area (Å²) in [5.74, 6) is 0.871. The van der Waals surface area contributed by atoms with E-state index in [0.29, 0.717) is 12.6 Å². The zero-order valence-corrected chi connectivity index (χ0v) is 11.8. The molecule has 3 rings (SSSR count). The zero-order valence-electron chi connectivity index (χ0n) is 11.8. The molecule has 0 aliphatic carbocycles. The molecule has 0 saturated carbocycles. The minimum atomic E-state index is 0.703. The van der Waals surface area contributed by atoms with Gasteiger partial charge in [0.1, 0.15) is 0 Å². The normalized spacial score (nSPS) is 29.6. The minimum absolute atomic E-state index is 0.703. The fraction of sp³-hybridized carbons (Fsp3) is 0.625. The van der Waals surface area contributed by atoms with Crippen LogP contribution in [0.2, 0.25) is 0 Å². The summed E-state index contributed by atoms with van der Waals surface area (Å²) in [5, 5.41) is 3.77. The van der Waals surface area contributed by atoms with Crippen LogP contribution in [-0.4, -0.2) is 37.7 Å². The number of hydrogen-bond donors (Lipinski definition) is 1. The Morgan fingerprint density at radius 3 is 3.00 bits per heavy atom. The van der Waals surface area contributed by atoms with Crippen LogP contribution in [0.1, 0.15) is 24.0 Å². The number of ether oxygens (including phenoxy) is 1. The monoisotopic (exact) mass is 260 g/mol. The Hall–Kier alpha value is -0.900. The van der Waals surface area contributed by atoms with Crippen molar-refractivity contribution in [1.82, 2.24) is 10.2 Å². The maximum atomic E-state index is 5.19. The van der Waals surface area contributed by atoms with Gasteiger partial charge < -0.3 is 15.0 Å². The molecule has 0 aromatic heterocycles. The van der Waals surface area contributed by atoms with Gasteiger partial charge in [-0.25, -0.2) is 0 Å². The largest absolute Gasteiger partial charge is 0.380 e. The van der Waals surface area contributed by atoms with Gasteiger partial charge in [0.25, 0.3) is 0 Å². The summed E-state index contributed by atoms with van der Waals surface area (Å²) in [6.45, 7) is 5.58. The van der Waals surface area contributed by atoms with E-state index >= 15 is 0 Å². The molecule has 2 saturated heterocycles. The molecule has 1 aromatic rings. The molecule has 0 radical (unpaired) electrons. The van der Waals surface area contributed by atoms with Crippen LogP contribution in [0.4, 0.5) is 0 Å². The molecular formula is C16H24N2O. The maximum Gasteiger partial charge on any atom is 0.0713 e. The Balaban J connectivity index is 1.55. The molecule has 19 heavy (non-hydrogen) atoms. The molecule has 3 nitrogen and oxygen atoms in total. The molecule has 3 unspecified atom stereocenters. The van der Waals surface area contributed by atoms with Gasteiger partial charge in [-0.3, -0.25) is 0 Å². The van der Waals surface area contributed by atoms with E-state index in [0.717, 1.165) is 12.5 Å². The van der Waals surface area contributed by atoms with Crippen LogP contribution >= 0.6 is 0 Å². The number of rotatable bonds is 5. The molecule has 0 spiro atoms. The number of nitrogens with zero attached hydrogens (tertiary/aromatic N) is 1. The lowest BCUT2D eigenvalue weighted by Crippen LogP contribution is -2.43. The fourth-order valence-electron chi connectivity index (χ4n) is 3.47. The summed E-state index contributed by atoms with van der Waals surface area (Å²) in [7, 11) is 1.75. The van der Waals surface area contributed by atoms with Gasteiger partial charge in [0.05, 0.1) is 6.61 Å². The van der Waals surface area contributed by atoms with Crippen molar-refractivity contribution >= 4 is 0 Å². The van der Waals surface area contributed by atoms with E-state index in [9.17, 15) is 0 Å². The van der Waals surface area contributed by atoms with Crippen molar-refractivity contribution in [3.05, 3.63) is 35.4 Å². The molecule has 3 atom stereocenters. The van der Waals surface area contributed by atoms with Gasteiger partial charge >= 0.3 is 0 Å². The molecule has 3 heteroatoms. The van der Waals surface area contributed by atoms with Crippen molar-refractivity contribution in [1.29, 1.82) is 0 Å². The lowest BCUT2D eigenvalue weighted by atomic mass is 9.94. The molecule has 1 N–H and O–H groups in total. The Morgan fingerprint density at radius 1 is 1.26 bits per heavy atom. The van der Waals surface area contributed by atoms with Gasteiger partial charge in [-0.05, 0) is 43.0 Å². The van der Waals surface area contributed by atoms with Crippen LogP contribution in [-0.2, 0) is 17.9 Å². The van der Waals surface area contributed by atoms with Gasteiger partial charge in [-0.1, -0.05) is 24.3 Å². The van der Waals surface area contributed by atoms with Crippen LogP contribution in [0.5, 0.6) is 0 Å². The topological polar surface area (TPSA) is 24.5 Å². The first-order valence-electron chi connectivity index (χ1n) is 7.37. The average Bonchev–Trinajstić information content (AvgIpc) is 2.81. The number of benzene rings is 1. The van der Waals surface area contributed by atoms with Crippen LogP contribution in [0.25, 0.3) is 0 Å². The highest BCUT2D eigenvalue weighted by Gasteiger charge is 2.33. The summed E-state index contributed by atoms with van der Waals surface area (Å²) in [5.41, 5.74) is 2.63. The fourth-order valence-corrected chi connectivity index (χ4v) is 3.47. The molecule has 0 amide bonds.